The number of nitrogens with two attached hydrogens (primary N) is 1. The molecule has 0 aliphatic heterocycles. The van der Waals surface area contributed by atoms with Crippen LogP contribution < -0.4 is 5.73 Å². The Morgan fingerprint density at radius 2 is 2.13 bits per heavy atom. The molecule has 78 valence electrons. The number of hydrogen-bond acceptors (Lipinski definition) is 3. The Balaban J connectivity index is 2.68. The Bertz CT molecular complexity index is 485. The fourth-order valence-corrected chi connectivity index (χ4v) is 2.05. The number of aryl methyl sites for hydroxylation is 2. The number of nitrogen functional groups attached to an aromatic ring is 1. The fraction of sp³-hybridized carbons (Fsp3) is 0.200. The Hall–Kier alpha value is -1.36. The van der Waals surface area contributed by atoms with Gasteiger partial charge in [-0.1, -0.05) is 11.3 Å². The topological polar surface area (TPSA) is 56.7 Å². The maximum atomic E-state index is 5.77. The fourth-order valence-electron chi connectivity index (χ4n) is 1.51. The molecule has 0 aliphatic carbocycles. The van der Waals surface area contributed by atoms with Crippen LogP contribution in [0.25, 0.3) is 11.3 Å². The number of nitrogens with zero attached hydrogens (tertiary/aromatic N) is 3. The first-order chi connectivity index (χ1) is 7.09. The van der Waals surface area contributed by atoms with Crippen LogP contribution in [0, 0.1) is 6.92 Å². The average Bonchev–Trinajstić information content (AvgIpc) is 2.51. The molecule has 2 aromatic rings. The van der Waals surface area contributed by atoms with Crippen molar-refractivity contribution >= 4 is 21.6 Å². The van der Waals surface area contributed by atoms with Gasteiger partial charge in [0.2, 0.25) is 0 Å². The van der Waals surface area contributed by atoms with Gasteiger partial charge in [-0.25, -0.2) is 4.68 Å². The van der Waals surface area contributed by atoms with Crippen LogP contribution in [-0.2, 0) is 7.05 Å². The lowest BCUT2D eigenvalue weighted by atomic mass is 10.1. The molecule has 0 bridgehead atoms. The molecule has 0 fully saturated rings. The van der Waals surface area contributed by atoms with Crippen LogP contribution in [0.2, 0.25) is 0 Å². The summed E-state index contributed by atoms with van der Waals surface area (Å²) in [7, 11) is 1.86. The molecule has 2 rings (SSSR count). The summed E-state index contributed by atoms with van der Waals surface area (Å²) >= 11 is 3.38. The standard InChI is InChI=1S/C10H11BrN4/c1-6-3-4-7(12)5-8(6)9-10(11)13-14-15(9)2/h3-5H,12H2,1-2H3. The number of aromatic nitrogens is 3. The highest BCUT2D eigenvalue weighted by atomic mass is 79.9. The largest absolute Gasteiger partial charge is 0.399 e. The molecule has 0 aliphatic rings. The molecule has 2 N–H and O–H groups in total. The van der Waals surface area contributed by atoms with E-state index in [0.717, 1.165) is 27.1 Å². The van der Waals surface area contributed by atoms with Gasteiger partial charge >= 0.3 is 0 Å². The zero-order valence-electron chi connectivity index (χ0n) is 8.53. The highest BCUT2D eigenvalue weighted by Gasteiger charge is 2.12. The minimum atomic E-state index is 0.735. The highest BCUT2D eigenvalue weighted by Crippen LogP contribution is 2.29. The minimum absolute atomic E-state index is 0.735. The summed E-state index contributed by atoms with van der Waals surface area (Å²) in [4.78, 5) is 0. The second-order valence-corrected chi connectivity index (χ2v) is 4.18. The van der Waals surface area contributed by atoms with E-state index < -0.39 is 0 Å². The SMILES string of the molecule is Cc1ccc(N)cc1-c1c(Br)nnn1C. The summed E-state index contributed by atoms with van der Waals surface area (Å²) in [5.74, 6) is 0. The normalized spacial score (nSPS) is 10.6. The van der Waals surface area contributed by atoms with E-state index in [2.05, 4.69) is 26.2 Å². The molecule has 1 aromatic heterocycles. The van der Waals surface area contributed by atoms with Crippen molar-refractivity contribution in [1.82, 2.24) is 15.0 Å². The van der Waals surface area contributed by atoms with Gasteiger partial charge in [0.25, 0.3) is 0 Å². The minimum Gasteiger partial charge on any atom is -0.399 e. The lowest BCUT2D eigenvalue weighted by Crippen LogP contribution is -1.96. The van der Waals surface area contributed by atoms with E-state index >= 15 is 0 Å². The third-order valence-electron chi connectivity index (χ3n) is 2.30. The second-order valence-electron chi connectivity index (χ2n) is 3.43. The van der Waals surface area contributed by atoms with Crippen molar-refractivity contribution in [2.75, 3.05) is 5.73 Å². The van der Waals surface area contributed by atoms with Crippen molar-refractivity contribution in [2.45, 2.75) is 6.92 Å². The smallest absolute Gasteiger partial charge is 0.156 e. The number of anilines is 1. The Morgan fingerprint density at radius 3 is 2.73 bits per heavy atom. The number of hydrogen-bond donors (Lipinski definition) is 1. The molecule has 0 atom stereocenters. The monoisotopic (exact) mass is 266 g/mol. The van der Waals surface area contributed by atoms with Crippen LogP contribution in [0.5, 0.6) is 0 Å². The summed E-state index contributed by atoms with van der Waals surface area (Å²) in [6, 6.07) is 5.80. The van der Waals surface area contributed by atoms with Gasteiger partial charge in [-0.05, 0) is 40.5 Å². The molecule has 0 spiro atoms. The van der Waals surface area contributed by atoms with Crippen molar-refractivity contribution < 1.29 is 0 Å². The molecular formula is C10H11BrN4. The van der Waals surface area contributed by atoms with E-state index in [9.17, 15) is 0 Å². The molecule has 5 heteroatoms. The molecule has 15 heavy (non-hydrogen) atoms. The van der Waals surface area contributed by atoms with Crippen molar-refractivity contribution in [3.63, 3.8) is 0 Å². The van der Waals surface area contributed by atoms with Crippen molar-refractivity contribution in [3.05, 3.63) is 28.4 Å². The van der Waals surface area contributed by atoms with Gasteiger partial charge < -0.3 is 5.73 Å². The molecule has 4 nitrogen and oxygen atoms in total. The van der Waals surface area contributed by atoms with Crippen LogP contribution in [0.3, 0.4) is 0 Å². The van der Waals surface area contributed by atoms with Gasteiger partial charge in [-0.2, -0.15) is 0 Å². The van der Waals surface area contributed by atoms with Crippen LogP contribution in [0.15, 0.2) is 22.8 Å². The van der Waals surface area contributed by atoms with Gasteiger partial charge in [-0.15, -0.1) is 5.10 Å². The molecule has 0 saturated heterocycles. The van der Waals surface area contributed by atoms with Gasteiger partial charge in [0.1, 0.15) is 5.69 Å². The number of benzene rings is 1. The van der Waals surface area contributed by atoms with Crippen LogP contribution in [-0.4, -0.2) is 15.0 Å². The predicted octanol–water partition coefficient (Wildman–Crippen LogP) is 2.14. The van der Waals surface area contributed by atoms with Crippen molar-refractivity contribution in [1.29, 1.82) is 0 Å². The van der Waals surface area contributed by atoms with Gasteiger partial charge in [-0.3, -0.25) is 0 Å². The Kier molecular flexibility index (Phi) is 2.48. The second kappa shape index (κ2) is 3.66. The Labute approximate surface area is 96.2 Å². The van der Waals surface area contributed by atoms with Crippen molar-refractivity contribution in [3.8, 4) is 11.3 Å². The maximum absolute atomic E-state index is 5.77. The summed E-state index contributed by atoms with van der Waals surface area (Å²) < 4.78 is 2.46. The third-order valence-corrected chi connectivity index (χ3v) is 2.84. The van der Waals surface area contributed by atoms with E-state index in [-0.39, 0.29) is 0 Å². The number of rotatable bonds is 1. The molecule has 0 amide bonds. The molecule has 1 heterocycles. The first-order valence-electron chi connectivity index (χ1n) is 4.51. The first-order valence-corrected chi connectivity index (χ1v) is 5.30. The first kappa shape index (κ1) is 10.2. The predicted molar refractivity (Wildman–Crippen MR) is 63.3 cm³/mol. The maximum Gasteiger partial charge on any atom is 0.156 e. The van der Waals surface area contributed by atoms with E-state index in [1.54, 1.807) is 4.68 Å². The van der Waals surface area contributed by atoms with Crippen LogP contribution in [0.1, 0.15) is 5.56 Å². The van der Waals surface area contributed by atoms with Crippen LogP contribution >= 0.6 is 15.9 Å². The van der Waals surface area contributed by atoms with Gasteiger partial charge in [0.05, 0.1) is 0 Å². The van der Waals surface area contributed by atoms with E-state index in [1.165, 1.54) is 0 Å². The lowest BCUT2D eigenvalue weighted by molar-refractivity contribution is 0.720. The zero-order chi connectivity index (χ0) is 11.0. The summed E-state index contributed by atoms with van der Waals surface area (Å²) in [5, 5.41) is 7.89. The molecule has 0 unspecified atom stereocenters. The molecule has 1 aromatic carbocycles. The van der Waals surface area contributed by atoms with Crippen LogP contribution in [0.4, 0.5) is 5.69 Å². The Morgan fingerprint density at radius 1 is 1.40 bits per heavy atom. The summed E-state index contributed by atoms with van der Waals surface area (Å²) in [6.45, 7) is 2.04. The van der Waals surface area contributed by atoms with Gasteiger partial charge in [0, 0.05) is 18.3 Å². The quantitative estimate of drug-likeness (QED) is 0.805. The lowest BCUT2D eigenvalue weighted by Gasteiger charge is -2.06. The molecular weight excluding hydrogens is 256 g/mol. The third kappa shape index (κ3) is 1.74. The average molecular weight is 267 g/mol. The van der Waals surface area contributed by atoms with E-state index in [1.807, 2.05) is 32.2 Å². The molecule has 0 saturated carbocycles. The number of halogens is 1. The van der Waals surface area contributed by atoms with Gasteiger partial charge in [0.15, 0.2) is 4.60 Å². The summed E-state index contributed by atoms with van der Waals surface area (Å²) in [5.41, 5.74) is 9.65. The van der Waals surface area contributed by atoms with E-state index in [0.29, 0.717) is 0 Å². The molecule has 0 radical (unpaired) electrons. The van der Waals surface area contributed by atoms with E-state index in [4.69, 9.17) is 5.73 Å². The van der Waals surface area contributed by atoms with Crippen molar-refractivity contribution in [2.24, 2.45) is 7.05 Å². The summed E-state index contributed by atoms with van der Waals surface area (Å²) in [6.07, 6.45) is 0. The highest BCUT2D eigenvalue weighted by molar-refractivity contribution is 9.10. The zero-order valence-corrected chi connectivity index (χ0v) is 10.1.